The average Bonchev–Trinajstić information content (AvgIpc) is 2.49. The molecule has 0 saturated carbocycles. The smallest absolute Gasteiger partial charge is 0.323 e. The van der Waals surface area contributed by atoms with Crippen molar-refractivity contribution in [2.75, 3.05) is 23.1 Å². The molecule has 2 rings (SSSR count). The number of benzene rings is 2. The number of nitrogens with one attached hydrogen (secondary N) is 3. The molecule has 0 bridgehead atoms. The van der Waals surface area contributed by atoms with Crippen molar-refractivity contribution in [2.45, 2.75) is 0 Å². The van der Waals surface area contributed by atoms with Crippen LogP contribution in [0.2, 0.25) is 0 Å². The minimum atomic E-state index is -0.333. The van der Waals surface area contributed by atoms with Crippen LogP contribution in [0.4, 0.5) is 21.9 Å². The predicted molar refractivity (Wildman–Crippen MR) is 92.5 cm³/mol. The third-order valence-electron chi connectivity index (χ3n) is 2.76. The van der Waals surface area contributed by atoms with Crippen LogP contribution in [0.3, 0.4) is 0 Å². The van der Waals surface area contributed by atoms with Crippen LogP contribution >= 0.6 is 12.2 Å². The van der Waals surface area contributed by atoms with Gasteiger partial charge < -0.3 is 26.4 Å². The summed E-state index contributed by atoms with van der Waals surface area (Å²) in [6.07, 6.45) is 0. The molecule has 2 aromatic carbocycles. The average molecular weight is 316 g/mol. The van der Waals surface area contributed by atoms with Crippen molar-refractivity contribution in [3.63, 3.8) is 0 Å². The Bertz CT molecular complexity index is 656. The van der Waals surface area contributed by atoms with E-state index in [-0.39, 0.29) is 11.1 Å². The van der Waals surface area contributed by atoms with Crippen LogP contribution in [-0.2, 0) is 0 Å². The zero-order valence-corrected chi connectivity index (χ0v) is 12.7. The van der Waals surface area contributed by atoms with Gasteiger partial charge in [0.2, 0.25) is 0 Å². The van der Waals surface area contributed by atoms with Crippen molar-refractivity contribution < 1.29 is 9.53 Å². The summed E-state index contributed by atoms with van der Waals surface area (Å²) in [6.45, 7) is 0. The fourth-order valence-corrected chi connectivity index (χ4v) is 1.86. The number of anilines is 3. The van der Waals surface area contributed by atoms with Gasteiger partial charge >= 0.3 is 6.03 Å². The number of hydrogen-bond acceptors (Lipinski definition) is 3. The maximum absolute atomic E-state index is 11.9. The highest BCUT2D eigenvalue weighted by Gasteiger charge is 2.03. The minimum absolute atomic E-state index is 0.193. The summed E-state index contributed by atoms with van der Waals surface area (Å²) >= 11 is 4.75. The number of thiocarbonyl (C=S) groups is 1. The number of methoxy groups -OCH3 is 1. The molecule has 114 valence electrons. The molecule has 0 heterocycles. The monoisotopic (exact) mass is 316 g/mol. The Morgan fingerprint density at radius 2 is 1.32 bits per heavy atom. The SMILES string of the molecule is COc1ccc(NC(=O)Nc2ccc(NC(N)=S)cc2)cc1. The number of carbonyl (C=O) groups excluding carboxylic acids is 1. The van der Waals surface area contributed by atoms with Gasteiger partial charge in [-0.1, -0.05) is 0 Å². The summed E-state index contributed by atoms with van der Waals surface area (Å²) in [5, 5.41) is 8.45. The number of carbonyl (C=O) groups is 1. The van der Waals surface area contributed by atoms with Gasteiger partial charge in [0.05, 0.1) is 7.11 Å². The van der Waals surface area contributed by atoms with Crippen LogP contribution < -0.4 is 26.4 Å². The first kappa shape index (κ1) is 15.6. The van der Waals surface area contributed by atoms with Crippen LogP contribution in [0.1, 0.15) is 0 Å². The van der Waals surface area contributed by atoms with Crippen molar-refractivity contribution in [3.8, 4) is 5.75 Å². The molecule has 0 aliphatic rings. The first-order chi connectivity index (χ1) is 10.6. The summed E-state index contributed by atoms with van der Waals surface area (Å²) in [5.41, 5.74) is 7.46. The van der Waals surface area contributed by atoms with Gasteiger partial charge in [-0.3, -0.25) is 0 Å². The van der Waals surface area contributed by atoms with Gasteiger partial charge in [0, 0.05) is 17.1 Å². The van der Waals surface area contributed by atoms with E-state index in [0.717, 1.165) is 11.4 Å². The standard InChI is InChI=1S/C15H16N4O2S/c1-21-13-8-6-12(7-9-13)19-15(20)18-11-4-2-10(3-5-11)17-14(16)22/h2-9H,1H3,(H3,16,17,22)(H2,18,19,20). The van der Waals surface area contributed by atoms with E-state index in [2.05, 4.69) is 16.0 Å². The molecular formula is C15H16N4O2S. The Morgan fingerprint density at radius 1 is 0.909 bits per heavy atom. The van der Waals surface area contributed by atoms with Crippen LogP contribution in [0, 0.1) is 0 Å². The third-order valence-corrected chi connectivity index (χ3v) is 2.86. The molecule has 0 aromatic heterocycles. The maximum Gasteiger partial charge on any atom is 0.323 e. The second-order valence-corrected chi connectivity index (χ2v) is 4.81. The number of hydrogen-bond donors (Lipinski definition) is 4. The Kier molecular flexibility index (Phi) is 5.16. The number of nitrogens with two attached hydrogens (primary N) is 1. The van der Waals surface area contributed by atoms with Gasteiger partial charge in [-0.15, -0.1) is 0 Å². The van der Waals surface area contributed by atoms with Gasteiger partial charge in [0.15, 0.2) is 5.11 Å². The third kappa shape index (κ3) is 4.64. The lowest BCUT2D eigenvalue weighted by Gasteiger charge is -2.09. The van der Waals surface area contributed by atoms with Crippen LogP contribution in [-0.4, -0.2) is 18.3 Å². The van der Waals surface area contributed by atoms with Crippen LogP contribution in [0.5, 0.6) is 5.75 Å². The summed E-state index contributed by atoms with van der Waals surface area (Å²) < 4.78 is 5.06. The number of ether oxygens (including phenoxy) is 1. The molecule has 2 amide bonds. The van der Waals surface area contributed by atoms with Crippen molar-refractivity contribution in [1.29, 1.82) is 0 Å². The van der Waals surface area contributed by atoms with E-state index in [4.69, 9.17) is 22.7 Å². The summed E-state index contributed by atoms with van der Waals surface area (Å²) in [6, 6.07) is 13.7. The topological polar surface area (TPSA) is 88.4 Å². The molecule has 22 heavy (non-hydrogen) atoms. The molecule has 0 fully saturated rings. The van der Waals surface area contributed by atoms with E-state index in [9.17, 15) is 4.79 Å². The molecule has 2 aromatic rings. The van der Waals surface area contributed by atoms with E-state index in [0.29, 0.717) is 11.4 Å². The molecule has 0 aliphatic carbocycles. The van der Waals surface area contributed by atoms with Gasteiger partial charge in [-0.25, -0.2) is 4.79 Å². The number of rotatable bonds is 4. The Labute approximate surface area is 133 Å². The van der Waals surface area contributed by atoms with E-state index in [1.807, 2.05) is 0 Å². The Hall–Kier alpha value is -2.80. The molecule has 0 saturated heterocycles. The van der Waals surface area contributed by atoms with Crippen molar-refractivity contribution in [2.24, 2.45) is 5.73 Å². The Morgan fingerprint density at radius 3 is 1.73 bits per heavy atom. The first-order valence-corrected chi connectivity index (χ1v) is 6.86. The molecule has 0 radical (unpaired) electrons. The molecule has 6 nitrogen and oxygen atoms in total. The van der Waals surface area contributed by atoms with E-state index in [1.54, 1.807) is 55.6 Å². The zero-order chi connectivity index (χ0) is 15.9. The largest absolute Gasteiger partial charge is 0.497 e. The molecular weight excluding hydrogens is 300 g/mol. The van der Waals surface area contributed by atoms with Gasteiger partial charge in [-0.2, -0.15) is 0 Å². The number of urea groups is 1. The highest BCUT2D eigenvalue weighted by atomic mass is 32.1. The van der Waals surface area contributed by atoms with E-state index < -0.39 is 0 Å². The van der Waals surface area contributed by atoms with Crippen molar-refractivity contribution in [1.82, 2.24) is 0 Å². The molecule has 0 spiro atoms. The number of amides is 2. The molecule has 0 unspecified atom stereocenters. The van der Waals surface area contributed by atoms with E-state index in [1.165, 1.54) is 0 Å². The van der Waals surface area contributed by atoms with Gasteiger partial charge in [0.1, 0.15) is 5.75 Å². The van der Waals surface area contributed by atoms with Gasteiger partial charge in [0.25, 0.3) is 0 Å². The van der Waals surface area contributed by atoms with Crippen molar-refractivity contribution >= 4 is 40.4 Å². The Balaban J connectivity index is 1.92. The highest BCUT2D eigenvalue weighted by Crippen LogP contribution is 2.16. The van der Waals surface area contributed by atoms with Crippen molar-refractivity contribution in [3.05, 3.63) is 48.5 Å². The summed E-state index contributed by atoms with van der Waals surface area (Å²) in [7, 11) is 1.59. The lowest BCUT2D eigenvalue weighted by atomic mass is 10.3. The molecule has 5 N–H and O–H groups in total. The molecule has 7 heteroatoms. The fraction of sp³-hybridized carbons (Fsp3) is 0.0667. The second kappa shape index (κ2) is 7.28. The summed E-state index contributed by atoms with van der Waals surface area (Å²) in [5.74, 6) is 0.729. The predicted octanol–water partition coefficient (Wildman–Crippen LogP) is 2.99. The maximum atomic E-state index is 11.9. The zero-order valence-electron chi connectivity index (χ0n) is 11.9. The first-order valence-electron chi connectivity index (χ1n) is 6.45. The van der Waals surface area contributed by atoms with E-state index >= 15 is 0 Å². The summed E-state index contributed by atoms with van der Waals surface area (Å²) in [4.78, 5) is 11.9. The lowest BCUT2D eigenvalue weighted by Crippen LogP contribution is -2.20. The minimum Gasteiger partial charge on any atom is -0.497 e. The highest BCUT2D eigenvalue weighted by molar-refractivity contribution is 7.80. The normalized spacial score (nSPS) is 9.68. The fourth-order valence-electron chi connectivity index (χ4n) is 1.75. The van der Waals surface area contributed by atoms with Crippen LogP contribution in [0.25, 0.3) is 0 Å². The van der Waals surface area contributed by atoms with Crippen LogP contribution in [0.15, 0.2) is 48.5 Å². The quantitative estimate of drug-likeness (QED) is 0.651. The lowest BCUT2D eigenvalue weighted by molar-refractivity contribution is 0.262. The molecule has 0 atom stereocenters. The molecule has 0 aliphatic heterocycles. The second-order valence-electron chi connectivity index (χ2n) is 4.37. The van der Waals surface area contributed by atoms with Gasteiger partial charge in [-0.05, 0) is 60.7 Å².